The molecule has 0 saturated carbocycles. The van der Waals surface area contributed by atoms with Gasteiger partial charge in [0.2, 0.25) is 0 Å². The average molecular weight is 1640 g/mol. The first-order valence-corrected chi connectivity index (χ1v) is 29.8. The van der Waals surface area contributed by atoms with Crippen LogP contribution >= 0.6 is 143 Å². The van der Waals surface area contributed by atoms with Gasteiger partial charge in [-0.25, -0.2) is 28.8 Å². The summed E-state index contributed by atoms with van der Waals surface area (Å²) in [6.07, 6.45) is -3.03. The molecule has 0 aromatic heterocycles. The van der Waals surface area contributed by atoms with Crippen molar-refractivity contribution in [3.63, 3.8) is 0 Å². The molecule has 98 heavy (non-hydrogen) atoms. The number of alkyl halides is 3. The van der Waals surface area contributed by atoms with Crippen LogP contribution in [-0.2, 0) is 57.2 Å². The van der Waals surface area contributed by atoms with Crippen LogP contribution in [0.4, 0.5) is 13.2 Å². The SMILES string of the molecule is C#Cc1ccc(O[C@@H](C)C(=O)OC)cc1.CC(C)OC(=O)[C@H](C)Oc1ccc(Cl)cc1.CC[C@H](Oc1ccc(Cl)cc1)C(=O)OC.COC(=O)[C@H](C)Oc1ccc(Br)cc1.COC(=O)[C@H](C)Oc1ccc(Cl)cc1.C[C@H](Oc1ccc(Cl)cc1)C(=O)OCC(F)(F)F.S.S.S.S.S.S. The van der Waals surface area contributed by atoms with E-state index in [9.17, 15) is 41.9 Å². The quantitative estimate of drug-likeness (QED) is 0.0372. The number of halogens is 8. The van der Waals surface area contributed by atoms with Gasteiger partial charge in [0.05, 0.1) is 34.5 Å². The second-order valence-electron chi connectivity index (χ2n) is 18.6. The molecule has 0 unspecified atom stereocenters. The molecule has 0 spiro atoms. The van der Waals surface area contributed by atoms with Crippen molar-refractivity contribution in [2.75, 3.05) is 35.0 Å². The number of carbonyl (C=O) groups is 6. The number of hydrogen-bond acceptors (Lipinski definition) is 18. The Morgan fingerprint density at radius 3 is 0.898 bits per heavy atom. The predicted octanol–water partition coefficient (Wildman–Crippen LogP) is 15.9. The highest BCUT2D eigenvalue weighted by Gasteiger charge is 2.31. The van der Waals surface area contributed by atoms with Gasteiger partial charge in [-0.05, 0) is 200 Å². The minimum absolute atomic E-state index is 0. The Kier molecular flexibility index (Phi) is 59.7. The lowest BCUT2D eigenvalue weighted by Gasteiger charge is -2.15. The Balaban J connectivity index is -0.000000256. The van der Waals surface area contributed by atoms with E-state index in [1.807, 2.05) is 19.1 Å². The number of terminal acetylenes is 1. The molecule has 6 aromatic carbocycles. The van der Waals surface area contributed by atoms with Crippen LogP contribution in [0.1, 0.15) is 67.4 Å². The molecular weight excluding hydrogens is 1550 g/mol. The zero-order valence-electron chi connectivity index (χ0n) is 55.3. The third kappa shape index (κ3) is 46.4. The number of hydrogen-bond donors (Lipinski definition) is 0. The van der Waals surface area contributed by atoms with Crippen molar-refractivity contribution in [3.8, 4) is 46.8 Å². The maximum atomic E-state index is 11.8. The van der Waals surface area contributed by atoms with E-state index in [2.05, 4.69) is 45.5 Å². The third-order valence-corrected chi connectivity index (χ3v) is 12.3. The van der Waals surface area contributed by atoms with Crippen molar-refractivity contribution < 1.29 is 98.8 Å². The summed E-state index contributed by atoms with van der Waals surface area (Å²) in [5.41, 5.74) is 0.771. The molecule has 0 N–H and O–H groups in total. The van der Waals surface area contributed by atoms with Gasteiger partial charge in [0.1, 0.15) is 34.5 Å². The molecule has 0 aliphatic heterocycles. The Bertz CT molecular complexity index is 3140. The van der Waals surface area contributed by atoms with Gasteiger partial charge in [0.15, 0.2) is 43.2 Å². The molecule has 0 radical (unpaired) electrons. The maximum Gasteiger partial charge on any atom is 0.422 e. The summed E-state index contributed by atoms with van der Waals surface area (Å²) in [5, 5.41) is 2.37. The molecule has 0 heterocycles. The van der Waals surface area contributed by atoms with Crippen LogP contribution in [-0.4, -0.2) is 120 Å². The minimum Gasteiger partial charge on any atom is -0.479 e. The summed E-state index contributed by atoms with van der Waals surface area (Å²) in [6, 6.07) is 40.7. The second kappa shape index (κ2) is 56.7. The topological polar surface area (TPSA) is 213 Å². The summed E-state index contributed by atoms with van der Waals surface area (Å²) < 4.78 is 95.6. The molecule has 0 amide bonds. The molecular formula is C66H84BrCl4F3O18S6. The van der Waals surface area contributed by atoms with Crippen molar-refractivity contribution in [3.05, 3.63) is 176 Å². The van der Waals surface area contributed by atoms with E-state index in [0.29, 0.717) is 61.0 Å². The second-order valence-corrected chi connectivity index (χ2v) is 21.2. The molecule has 6 rings (SSSR count). The first kappa shape index (κ1) is 103. The van der Waals surface area contributed by atoms with Crippen LogP contribution < -0.4 is 28.4 Å². The molecule has 18 nitrogen and oxygen atoms in total. The summed E-state index contributed by atoms with van der Waals surface area (Å²) in [4.78, 5) is 67.0. The number of rotatable bonds is 21. The van der Waals surface area contributed by atoms with Gasteiger partial charge in [-0.1, -0.05) is 75.2 Å². The third-order valence-electron chi connectivity index (χ3n) is 10.8. The maximum absolute atomic E-state index is 11.8. The number of esters is 6. The Morgan fingerprint density at radius 1 is 0.408 bits per heavy atom. The zero-order chi connectivity index (χ0) is 69.5. The molecule has 0 aliphatic rings. The van der Waals surface area contributed by atoms with Crippen LogP contribution in [0, 0.1) is 12.3 Å². The van der Waals surface area contributed by atoms with Gasteiger partial charge < -0.3 is 56.8 Å². The van der Waals surface area contributed by atoms with Crippen molar-refractivity contribution in [2.24, 2.45) is 0 Å². The first-order valence-electron chi connectivity index (χ1n) is 27.5. The highest BCUT2D eigenvalue weighted by Crippen LogP contribution is 2.23. The van der Waals surface area contributed by atoms with Crippen molar-refractivity contribution in [1.29, 1.82) is 0 Å². The number of carbonyl (C=O) groups excluding carboxylic acids is 6. The molecule has 6 aromatic rings. The van der Waals surface area contributed by atoms with Gasteiger partial charge >= 0.3 is 42.0 Å². The fourth-order valence-electron chi connectivity index (χ4n) is 6.15. The van der Waals surface area contributed by atoms with E-state index < -0.39 is 67.3 Å². The molecule has 0 bridgehead atoms. The molecule has 0 aliphatic carbocycles. The van der Waals surface area contributed by atoms with Gasteiger partial charge in [-0.2, -0.15) is 94.1 Å². The van der Waals surface area contributed by atoms with E-state index in [-0.39, 0.29) is 105 Å². The van der Waals surface area contributed by atoms with Crippen molar-refractivity contribution in [1.82, 2.24) is 0 Å². The van der Waals surface area contributed by atoms with Gasteiger partial charge in [-0.15, -0.1) is 6.42 Å². The lowest BCUT2D eigenvalue weighted by atomic mass is 10.2. The van der Waals surface area contributed by atoms with Gasteiger partial charge in [0.25, 0.3) is 0 Å². The molecule has 32 heteroatoms. The van der Waals surface area contributed by atoms with E-state index in [1.165, 1.54) is 59.6 Å². The number of methoxy groups -OCH3 is 4. The van der Waals surface area contributed by atoms with Crippen LogP contribution in [0.15, 0.2) is 150 Å². The minimum atomic E-state index is -4.55. The van der Waals surface area contributed by atoms with E-state index in [4.69, 9.17) is 86.0 Å². The molecule has 0 saturated heterocycles. The van der Waals surface area contributed by atoms with Crippen LogP contribution in [0.2, 0.25) is 20.1 Å². The number of benzene rings is 6. The van der Waals surface area contributed by atoms with Crippen LogP contribution in [0.5, 0.6) is 34.5 Å². The summed E-state index contributed by atoms with van der Waals surface area (Å²) >= 11 is 26.1. The van der Waals surface area contributed by atoms with Crippen LogP contribution in [0.25, 0.3) is 0 Å². The average Bonchev–Trinajstić information content (AvgIpc) is 1.12. The normalized spacial score (nSPS) is 11.3. The summed E-state index contributed by atoms with van der Waals surface area (Å²) in [6.45, 7) is 11.7. The Morgan fingerprint density at radius 2 is 0.653 bits per heavy atom. The monoisotopic (exact) mass is 1630 g/mol. The Labute approximate surface area is 641 Å². The van der Waals surface area contributed by atoms with E-state index in [0.717, 1.165) is 10.0 Å². The first-order chi connectivity index (χ1) is 43.4. The lowest BCUT2D eigenvalue weighted by molar-refractivity contribution is -0.190. The van der Waals surface area contributed by atoms with Gasteiger partial charge in [0, 0.05) is 30.1 Å². The van der Waals surface area contributed by atoms with Gasteiger partial charge in [-0.3, -0.25) is 0 Å². The van der Waals surface area contributed by atoms with Crippen molar-refractivity contribution >= 4 is 179 Å². The van der Waals surface area contributed by atoms with Crippen LogP contribution in [0.3, 0.4) is 0 Å². The highest BCUT2D eigenvalue weighted by atomic mass is 79.9. The standard InChI is InChI=1S/C12H15ClO3.C12H12O3.C11H10ClF3O3.C11H13ClO3.C10H11BrO3.C10H11ClO3.6H2S/c1-8(2)15-12(14)9(3)16-11-6-4-10(13)5-7-11;1-4-10-5-7-11(8-6-10)15-9(2)12(13)14-3;1-7(10(16)17-6-11(13,14)15)18-9-4-2-8(12)3-5-9;1-3-10(11(13)14-2)15-9-6-4-8(12)5-7-9;2*1-7(10(12)13-2)14-9-5-3-8(11)4-6-9;;;;;;/h4-9H,1-3H3;1,5-9H,2-3H3;2-5,7H,6H2,1H3;4-7,10H,3H2,1-2H3;2*3-7H,1-2H3;6*1H2/t2*9-;7-;10-;2*7-;;;;;;/m000000....../s1. The van der Waals surface area contributed by atoms with E-state index >= 15 is 0 Å². The van der Waals surface area contributed by atoms with Crippen molar-refractivity contribution in [2.45, 2.75) is 111 Å². The predicted molar refractivity (Wildman–Crippen MR) is 408 cm³/mol. The Hall–Kier alpha value is -5.97. The molecule has 6 atom stereocenters. The van der Waals surface area contributed by atoms with E-state index in [1.54, 1.807) is 151 Å². The summed E-state index contributed by atoms with van der Waals surface area (Å²) in [7, 11) is 5.33. The number of ether oxygens (including phenoxy) is 12. The summed E-state index contributed by atoms with van der Waals surface area (Å²) in [5.74, 6) is 2.83. The smallest absolute Gasteiger partial charge is 0.422 e. The highest BCUT2D eigenvalue weighted by molar-refractivity contribution is 9.10. The largest absolute Gasteiger partial charge is 0.479 e. The lowest BCUT2D eigenvalue weighted by Crippen LogP contribution is -2.30. The fourth-order valence-corrected chi connectivity index (χ4v) is 6.92. The molecule has 548 valence electrons. The fraction of sp³-hybridized carbons (Fsp3) is 0.333. The zero-order valence-corrected chi connectivity index (χ0v) is 65.9. The molecule has 0 fully saturated rings.